The molecule has 0 N–H and O–H groups in total. The molecular formula is C23H24N2O5S. The largest absolute Gasteiger partial charge is 0.462 e. The van der Waals surface area contributed by atoms with E-state index in [1.54, 1.807) is 43.3 Å². The van der Waals surface area contributed by atoms with Crippen LogP contribution in [0.2, 0.25) is 0 Å². The van der Waals surface area contributed by atoms with Gasteiger partial charge in [0.25, 0.3) is 0 Å². The number of hydrogen-bond donors (Lipinski definition) is 0. The van der Waals surface area contributed by atoms with Crippen LogP contribution in [0.15, 0.2) is 59.6 Å². The third-order valence-corrected chi connectivity index (χ3v) is 7.58. The van der Waals surface area contributed by atoms with Gasteiger partial charge in [-0.05, 0) is 62.2 Å². The molecule has 0 atom stereocenters. The van der Waals surface area contributed by atoms with Crippen LogP contribution < -0.4 is 0 Å². The molecule has 0 aliphatic carbocycles. The van der Waals surface area contributed by atoms with Crippen LogP contribution in [-0.4, -0.2) is 49.2 Å². The van der Waals surface area contributed by atoms with Crippen LogP contribution in [0, 0.1) is 5.92 Å². The number of carbonyl (C=O) groups is 2. The van der Waals surface area contributed by atoms with Gasteiger partial charge in [-0.1, -0.05) is 6.07 Å². The molecule has 31 heavy (non-hydrogen) atoms. The molecule has 0 radical (unpaired) electrons. The van der Waals surface area contributed by atoms with Gasteiger partial charge in [-0.15, -0.1) is 0 Å². The smallest absolute Gasteiger partial charge is 0.338 e. The fraction of sp³-hybridized carbons (Fsp3) is 0.304. The summed E-state index contributed by atoms with van der Waals surface area (Å²) in [6, 6.07) is 14.0. The monoisotopic (exact) mass is 440 g/mol. The van der Waals surface area contributed by atoms with E-state index in [0.29, 0.717) is 38.1 Å². The maximum absolute atomic E-state index is 13.0. The van der Waals surface area contributed by atoms with Gasteiger partial charge in [0.05, 0.1) is 22.6 Å². The molecule has 4 rings (SSSR count). The van der Waals surface area contributed by atoms with Gasteiger partial charge >= 0.3 is 5.97 Å². The van der Waals surface area contributed by atoms with Gasteiger partial charge in [0.1, 0.15) is 6.29 Å². The van der Waals surface area contributed by atoms with E-state index in [1.165, 1.54) is 4.31 Å². The predicted octanol–water partition coefficient (Wildman–Crippen LogP) is 3.41. The van der Waals surface area contributed by atoms with Crippen molar-refractivity contribution >= 4 is 33.2 Å². The lowest BCUT2D eigenvalue weighted by Gasteiger charge is -2.28. The van der Waals surface area contributed by atoms with Crippen molar-refractivity contribution < 1.29 is 22.7 Å². The fourth-order valence-corrected chi connectivity index (χ4v) is 5.43. The zero-order chi connectivity index (χ0) is 22.0. The Morgan fingerprint density at radius 3 is 2.45 bits per heavy atom. The molecule has 2 heterocycles. The Labute approximate surface area is 181 Å². The van der Waals surface area contributed by atoms with Crippen molar-refractivity contribution in [2.45, 2.75) is 24.7 Å². The van der Waals surface area contributed by atoms with E-state index in [2.05, 4.69) is 0 Å². The maximum Gasteiger partial charge on any atom is 0.338 e. The van der Waals surface area contributed by atoms with Crippen molar-refractivity contribution in [3.05, 3.63) is 60.3 Å². The second-order valence-electron chi connectivity index (χ2n) is 7.52. The van der Waals surface area contributed by atoms with Gasteiger partial charge < -0.3 is 14.1 Å². The maximum atomic E-state index is 13.0. The minimum absolute atomic E-state index is 0.0599. The number of aldehydes is 1. The average Bonchev–Trinajstić information content (AvgIpc) is 3.23. The Balaban J connectivity index is 1.61. The highest BCUT2D eigenvalue weighted by Crippen LogP contribution is 2.27. The summed E-state index contributed by atoms with van der Waals surface area (Å²) in [6.07, 6.45) is 3.87. The first kappa shape index (κ1) is 21.3. The number of hydrogen-bond acceptors (Lipinski definition) is 5. The molecule has 0 unspecified atom stereocenters. The number of nitrogens with zero attached hydrogens (tertiary/aromatic N) is 2. The van der Waals surface area contributed by atoms with Crippen molar-refractivity contribution in [3.8, 4) is 5.69 Å². The molecule has 162 valence electrons. The Hall–Kier alpha value is -2.97. The van der Waals surface area contributed by atoms with Crippen molar-refractivity contribution in [2.75, 3.05) is 19.7 Å². The molecule has 7 nitrogen and oxygen atoms in total. The van der Waals surface area contributed by atoms with Crippen LogP contribution in [-0.2, 0) is 19.6 Å². The lowest BCUT2D eigenvalue weighted by atomic mass is 10.0. The van der Waals surface area contributed by atoms with Crippen molar-refractivity contribution in [1.29, 1.82) is 0 Å². The number of esters is 1. The van der Waals surface area contributed by atoms with Crippen LogP contribution in [0.1, 0.15) is 30.1 Å². The standard InChI is InChI=1S/C23H24N2O5S/c1-2-30-23(27)21-4-3-5-22-20(21)12-15-25(22)18-6-8-19(9-7-18)31(28,29)24-13-10-17(16-26)11-14-24/h3-9,12,15-17H,2,10-11,13-14H2,1H3. The van der Waals surface area contributed by atoms with E-state index < -0.39 is 10.0 Å². The highest BCUT2D eigenvalue weighted by molar-refractivity contribution is 7.89. The Morgan fingerprint density at radius 2 is 1.81 bits per heavy atom. The van der Waals surface area contributed by atoms with Crippen LogP contribution in [0.4, 0.5) is 0 Å². The molecule has 0 bridgehead atoms. The summed E-state index contributed by atoms with van der Waals surface area (Å²) >= 11 is 0. The van der Waals surface area contributed by atoms with Crippen LogP contribution in [0.3, 0.4) is 0 Å². The molecule has 0 amide bonds. The molecule has 1 aromatic heterocycles. The van der Waals surface area contributed by atoms with Crippen LogP contribution >= 0.6 is 0 Å². The summed E-state index contributed by atoms with van der Waals surface area (Å²) in [5, 5.41) is 0.774. The van der Waals surface area contributed by atoms with E-state index in [0.717, 1.165) is 22.9 Å². The van der Waals surface area contributed by atoms with Gasteiger partial charge in [-0.25, -0.2) is 13.2 Å². The fourth-order valence-electron chi connectivity index (χ4n) is 3.96. The Morgan fingerprint density at radius 1 is 1.10 bits per heavy atom. The summed E-state index contributed by atoms with van der Waals surface area (Å²) in [5.74, 6) is -0.430. The number of ether oxygens (including phenoxy) is 1. The molecule has 8 heteroatoms. The molecule has 0 spiro atoms. The molecule has 1 fully saturated rings. The number of sulfonamides is 1. The molecular weight excluding hydrogens is 416 g/mol. The lowest BCUT2D eigenvalue weighted by Crippen LogP contribution is -2.38. The van der Waals surface area contributed by atoms with E-state index >= 15 is 0 Å². The van der Waals surface area contributed by atoms with Crippen LogP contribution in [0.5, 0.6) is 0 Å². The van der Waals surface area contributed by atoms with Gasteiger partial charge in [0.15, 0.2) is 0 Å². The highest BCUT2D eigenvalue weighted by atomic mass is 32.2. The second kappa shape index (κ2) is 8.64. The summed E-state index contributed by atoms with van der Waals surface area (Å²) in [5.41, 5.74) is 2.11. The summed E-state index contributed by atoms with van der Waals surface area (Å²) in [6.45, 7) is 2.78. The van der Waals surface area contributed by atoms with E-state index in [-0.39, 0.29) is 16.8 Å². The third-order valence-electron chi connectivity index (χ3n) is 5.67. The van der Waals surface area contributed by atoms with E-state index in [4.69, 9.17) is 4.74 Å². The number of fused-ring (bicyclic) bond motifs is 1. The molecule has 1 aliphatic heterocycles. The average molecular weight is 441 g/mol. The molecule has 3 aromatic rings. The normalized spacial score (nSPS) is 15.8. The number of rotatable bonds is 6. The SMILES string of the molecule is CCOC(=O)c1cccc2c1ccn2-c1ccc(S(=O)(=O)N2CCC(C=O)CC2)cc1. The van der Waals surface area contributed by atoms with E-state index in [1.807, 2.05) is 22.9 Å². The van der Waals surface area contributed by atoms with Crippen LogP contribution in [0.25, 0.3) is 16.6 Å². The second-order valence-corrected chi connectivity index (χ2v) is 9.45. The third kappa shape index (κ3) is 4.00. The molecule has 2 aromatic carbocycles. The first-order valence-corrected chi connectivity index (χ1v) is 11.7. The van der Waals surface area contributed by atoms with Crippen molar-refractivity contribution in [3.63, 3.8) is 0 Å². The molecule has 1 saturated heterocycles. The van der Waals surface area contributed by atoms with Gasteiger partial charge in [-0.2, -0.15) is 4.31 Å². The number of benzene rings is 2. The van der Waals surface area contributed by atoms with Crippen molar-refractivity contribution in [2.24, 2.45) is 5.92 Å². The number of piperidine rings is 1. The van der Waals surface area contributed by atoms with Gasteiger partial charge in [0.2, 0.25) is 10.0 Å². The van der Waals surface area contributed by atoms with Crippen molar-refractivity contribution in [1.82, 2.24) is 8.87 Å². The number of aromatic nitrogens is 1. The zero-order valence-corrected chi connectivity index (χ0v) is 18.0. The Kier molecular flexibility index (Phi) is 5.93. The minimum Gasteiger partial charge on any atom is -0.462 e. The van der Waals surface area contributed by atoms with E-state index in [9.17, 15) is 18.0 Å². The minimum atomic E-state index is -3.60. The summed E-state index contributed by atoms with van der Waals surface area (Å²) < 4.78 is 34.4. The summed E-state index contributed by atoms with van der Waals surface area (Å²) in [7, 11) is -3.60. The predicted molar refractivity (Wildman–Crippen MR) is 117 cm³/mol. The lowest BCUT2D eigenvalue weighted by molar-refractivity contribution is -0.112. The quantitative estimate of drug-likeness (QED) is 0.433. The highest BCUT2D eigenvalue weighted by Gasteiger charge is 2.29. The van der Waals surface area contributed by atoms with Gasteiger partial charge in [-0.3, -0.25) is 0 Å². The molecule has 0 saturated carbocycles. The summed E-state index contributed by atoms with van der Waals surface area (Å²) in [4.78, 5) is 23.4. The zero-order valence-electron chi connectivity index (χ0n) is 17.2. The topological polar surface area (TPSA) is 85.7 Å². The number of carbonyl (C=O) groups excluding carboxylic acids is 2. The van der Waals surface area contributed by atoms with Gasteiger partial charge in [0, 0.05) is 36.3 Å². The molecule has 1 aliphatic rings. The Bertz CT molecular complexity index is 1210. The first-order valence-electron chi connectivity index (χ1n) is 10.3. The first-order chi connectivity index (χ1) is 15.0.